The maximum Gasteiger partial charge on any atom is 0.234 e. The highest BCUT2D eigenvalue weighted by Crippen LogP contribution is 2.07. The van der Waals surface area contributed by atoms with E-state index in [0.717, 1.165) is 12.1 Å². The minimum Gasteiger partial charge on any atom is -0.374 e. The first-order valence-electron chi connectivity index (χ1n) is 7.15. The molecule has 0 radical (unpaired) electrons. The average Bonchev–Trinajstić information content (AvgIpc) is 2.47. The average molecular weight is 295 g/mol. The lowest BCUT2D eigenvalue weighted by Crippen LogP contribution is -2.51. The summed E-state index contributed by atoms with van der Waals surface area (Å²) in [5.74, 6) is -0.329. The summed E-state index contributed by atoms with van der Waals surface area (Å²) in [6, 6.07) is 6.05. The summed E-state index contributed by atoms with van der Waals surface area (Å²) >= 11 is 0. The fourth-order valence-electron chi connectivity index (χ4n) is 2.26. The van der Waals surface area contributed by atoms with Gasteiger partial charge in [0.15, 0.2) is 0 Å². The van der Waals surface area contributed by atoms with Crippen molar-refractivity contribution in [2.24, 2.45) is 5.73 Å². The van der Waals surface area contributed by atoms with Gasteiger partial charge < -0.3 is 15.8 Å². The monoisotopic (exact) mass is 295 g/mol. The molecule has 1 fully saturated rings. The second-order valence-corrected chi connectivity index (χ2v) is 5.41. The lowest BCUT2D eigenvalue weighted by molar-refractivity contribution is -0.124. The number of amides is 1. The SMILES string of the molecule is CC(N)C1CN(CC(=O)NCc2ccc(F)cc2)CCO1. The second-order valence-electron chi connectivity index (χ2n) is 5.41. The molecule has 5 nitrogen and oxygen atoms in total. The van der Waals surface area contributed by atoms with E-state index >= 15 is 0 Å². The molecule has 0 saturated carbocycles. The Labute approximate surface area is 124 Å². The van der Waals surface area contributed by atoms with Crippen LogP contribution in [0.1, 0.15) is 12.5 Å². The van der Waals surface area contributed by atoms with Gasteiger partial charge in [-0.15, -0.1) is 0 Å². The molecule has 1 amide bonds. The van der Waals surface area contributed by atoms with Crippen LogP contribution in [0, 0.1) is 5.82 Å². The van der Waals surface area contributed by atoms with Gasteiger partial charge in [0.25, 0.3) is 0 Å². The van der Waals surface area contributed by atoms with Crippen LogP contribution in [-0.2, 0) is 16.1 Å². The fraction of sp³-hybridized carbons (Fsp3) is 0.533. The predicted molar refractivity (Wildman–Crippen MR) is 78.1 cm³/mol. The zero-order valence-corrected chi connectivity index (χ0v) is 12.2. The van der Waals surface area contributed by atoms with Gasteiger partial charge in [-0.1, -0.05) is 12.1 Å². The van der Waals surface area contributed by atoms with Crippen LogP contribution in [-0.4, -0.2) is 49.2 Å². The molecule has 1 saturated heterocycles. The number of nitrogens with two attached hydrogens (primary N) is 1. The van der Waals surface area contributed by atoms with Gasteiger partial charge in [0.2, 0.25) is 5.91 Å². The van der Waals surface area contributed by atoms with Crippen LogP contribution in [0.15, 0.2) is 24.3 Å². The minimum atomic E-state index is -0.277. The molecule has 1 aromatic carbocycles. The molecule has 2 rings (SSSR count). The number of morpholine rings is 1. The van der Waals surface area contributed by atoms with Gasteiger partial charge in [0, 0.05) is 25.7 Å². The summed E-state index contributed by atoms with van der Waals surface area (Å²) in [6.07, 6.45) is -0.0244. The van der Waals surface area contributed by atoms with Gasteiger partial charge in [-0.2, -0.15) is 0 Å². The molecule has 0 aliphatic carbocycles. The van der Waals surface area contributed by atoms with Gasteiger partial charge in [-0.05, 0) is 24.6 Å². The van der Waals surface area contributed by atoms with Crippen LogP contribution >= 0.6 is 0 Å². The van der Waals surface area contributed by atoms with Gasteiger partial charge in [0.05, 0.1) is 19.3 Å². The zero-order valence-electron chi connectivity index (χ0n) is 12.2. The summed E-state index contributed by atoms with van der Waals surface area (Å²) in [6.45, 7) is 4.63. The number of halogens is 1. The number of hydrogen-bond donors (Lipinski definition) is 2. The molecule has 2 atom stereocenters. The summed E-state index contributed by atoms with van der Waals surface area (Å²) in [5.41, 5.74) is 6.70. The number of hydrogen-bond acceptors (Lipinski definition) is 4. The van der Waals surface area contributed by atoms with Crippen LogP contribution in [0.25, 0.3) is 0 Å². The van der Waals surface area contributed by atoms with Crippen molar-refractivity contribution >= 4 is 5.91 Å². The van der Waals surface area contributed by atoms with E-state index in [9.17, 15) is 9.18 Å². The van der Waals surface area contributed by atoms with Crippen molar-refractivity contribution in [1.29, 1.82) is 0 Å². The fourth-order valence-corrected chi connectivity index (χ4v) is 2.26. The Balaban J connectivity index is 1.75. The van der Waals surface area contributed by atoms with E-state index in [2.05, 4.69) is 5.32 Å². The first-order chi connectivity index (χ1) is 10.0. The Kier molecular flexibility index (Phi) is 5.67. The number of nitrogens with zero attached hydrogens (tertiary/aromatic N) is 1. The maximum absolute atomic E-state index is 12.8. The lowest BCUT2D eigenvalue weighted by Gasteiger charge is -2.34. The number of nitrogens with one attached hydrogen (secondary N) is 1. The molecule has 116 valence electrons. The Hall–Kier alpha value is -1.50. The number of benzene rings is 1. The highest BCUT2D eigenvalue weighted by molar-refractivity contribution is 5.78. The molecule has 6 heteroatoms. The van der Waals surface area contributed by atoms with Crippen LogP contribution in [0.2, 0.25) is 0 Å². The highest BCUT2D eigenvalue weighted by Gasteiger charge is 2.24. The van der Waals surface area contributed by atoms with Crippen LogP contribution < -0.4 is 11.1 Å². The van der Waals surface area contributed by atoms with Crippen molar-refractivity contribution < 1.29 is 13.9 Å². The van der Waals surface area contributed by atoms with Crippen molar-refractivity contribution in [3.05, 3.63) is 35.6 Å². The third-order valence-electron chi connectivity index (χ3n) is 3.53. The minimum absolute atomic E-state index is 0.0244. The molecule has 21 heavy (non-hydrogen) atoms. The van der Waals surface area contributed by atoms with E-state index in [0.29, 0.717) is 26.2 Å². The van der Waals surface area contributed by atoms with E-state index in [4.69, 9.17) is 10.5 Å². The molecular formula is C15H22FN3O2. The van der Waals surface area contributed by atoms with Gasteiger partial charge >= 0.3 is 0 Å². The Morgan fingerprint density at radius 3 is 2.90 bits per heavy atom. The molecule has 0 bridgehead atoms. The molecular weight excluding hydrogens is 273 g/mol. The molecule has 1 aromatic rings. The number of carbonyl (C=O) groups is 1. The standard InChI is InChI=1S/C15H22FN3O2/c1-11(17)14-9-19(6-7-21-14)10-15(20)18-8-12-2-4-13(16)5-3-12/h2-5,11,14H,6-10,17H2,1H3,(H,18,20). The van der Waals surface area contributed by atoms with Crippen molar-refractivity contribution in [2.75, 3.05) is 26.2 Å². The molecule has 2 unspecified atom stereocenters. The Morgan fingerprint density at radius 2 is 2.24 bits per heavy atom. The lowest BCUT2D eigenvalue weighted by atomic mass is 10.1. The quantitative estimate of drug-likeness (QED) is 0.829. The highest BCUT2D eigenvalue weighted by atomic mass is 19.1. The number of carbonyl (C=O) groups excluding carboxylic acids is 1. The van der Waals surface area contributed by atoms with Crippen molar-refractivity contribution in [3.8, 4) is 0 Å². The normalized spacial score (nSPS) is 21.0. The van der Waals surface area contributed by atoms with Crippen LogP contribution in [0.4, 0.5) is 4.39 Å². The van der Waals surface area contributed by atoms with Gasteiger partial charge in [-0.25, -0.2) is 4.39 Å². The van der Waals surface area contributed by atoms with Crippen LogP contribution in [0.3, 0.4) is 0 Å². The predicted octanol–water partition coefficient (Wildman–Crippen LogP) is 0.490. The van der Waals surface area contributed by atoms with E-state index in [1.54, 1.807) is 12.1 Å². The van der Waals surface area contributed by atoms with Crippen molar-refractivity contribution in [3.63, 3.8) is 0 Å². The zero-order chi connectivity index (χ0) is 15.2. The van der Waals surface area contributed by atoms with E-state index in [1.165, 1.54) is 12.1 Å². The number of rotatable bonds is 5. The Bertz CT molecular complexity index is 464. The molecule has 0 aromatic heterocycles. The molecule has 3 N–H and O–H groups in total. The summed E-state index contributed by atoms with van der Waals surface area (Å²) in [4.78, 5) is 14.0. The van der Waals surface area contributed by atoms with Crippen LogP contribution in [0.5, 0.6) is 0 Å². The summed E-state index contributed by atoms with van der Waals surface area (Å²) in [7, 11) is 0. The maximum atomic E-state index is 12.8. The molecule has 0 spiro atoms. The summed E-state index contributed by atoms with van der Waals surface area (Å²) < 4.78 is 18.3. The first kappa shape index (κ1) is 15.9. The van der Waals surface area contributed by atoms with E-state index in [-0.39, 0.29) is 23.9 Å². The van der Waals surface area contributed by atoms with Gasteiger partial charge in [-0.3, -0.25) is 9.69 Å². The smallest absolute Gasteiger partial charge is 0.234 e. The Morgan fingerprint density at radius 1 is 1.52 bits per heavy atom. The first-order valence-corrected chi connectivity index (χ1v) is 7.15. The second kappa shape index (κ2) is 7.49. The van der Waals surface area contributed by atoms with Crippen molar-refractivity contribution in [1.82, 2.24) is 10.2 Å². The molecule has 1 aliphatic heterocycles. The van der Waals surface area contributed by atoms with Crippen molar-refractivity contribution in [2.45, 2.75) is 25.6 Å². The third-order valence-corrected chi connectivity index (χ3v) is 3.53. The van der Waals surface area contributed by atoms with E-state index in [1.807, 2.05) is 11.8 Å². The number of ether oxygens (including phenoxy) is 1. The molecule has 1 aliphatic rings. The molecule has 1 heterocycles. The third kappa shape index (κ3) is 5.08. The van der Waals surface area contributed by atoms with E-state index < -0.39 is 0 Å². The summed E-state index contributed by atoms with van der Waals surface area (Å²) in [5, 5.41) is 2.83. The topological polar surface area (TPSA) is 67.6 Å². The van der Waals surface area contributed by atoms with Gasteiger partial charge in [0.1, 0.15) is 5.82 Å². The largest absolute Gasteiger partial charge is 0.374 e.